The Morgan fingerprint density at radius 1 is 1.43 bits per heavy atom. The molecular formula is C15H20N2O4. The second-order valence-electron chi connectivity index (χ2n) is 4.47. The summed E-state index contributed by atoms with van der Waals surface area (Å²) in [6, 6.07) is 0. The number of rotatable bonds is 6. The van der Waals surface area contributed by atoms with Gasteiger partial charge in [-0.3, -0.25) is 10.1 Å². The molecule has 0 aromatic heterocycles. The molecular weight excluding hydrogens is 272 g/mol. The highest BCUT2D eigenvalue weighted by atomic mass is 16.6. The van der Waals surface area contributed by atoms with Crippen LogP contribution in [0.2, 0.25) is 0 Å². The number of hydrogen-bond acceptors (Lipinski definition) is 5. The van der Waals surface area contributed by atoms with Gasteiger partial charge in [0.15, 0.2) is 0 Å². The minimum Gasteiger partial charge on any atom is -0.462 e. The third-order valence-corrected chi connectivity index (χ3v) is 2.84. The first-order chi connectivity index (χ1) is 10.0. The predicted molar refractivity (Wildman–Crippen MR) is 79.7 cm³/mol. The summed E-state index contributed by atoms with van der Waals surface area (Å²) in [5.41, 5.74) is 0.941. The molecule has 1 aliphatic rings. The largest absolute Gasteiger partial charge is 0.462 e. The van der Waals surface area contributed by atoms with Gasteiger partial charge in [0.2, 0.25) is 0 Å². The molecule has 0 saturated carbocycles. The van der Waals surface area contributed by atoms with Crippen LogP contribution in [0.15, 0.2) is 47.5 Å². The lowest BCUT2D eigenvalue weighted by Crippen LogP contribution is -2.20. The van der Waals surface area contributed by atoms with E-state index in [-0.39, 0.29) is 12.3 Å². The van der Waals surface area contributed by atoms with Crippen molar-refractivity contribution in [3.05, 3.63) is 57.6 Å². The van der Waals surface area contributed by atoms with Crippen LogP contribution in [0.3, 0.4) is 0 Å². The van der Waals surface area contributed by atoms with Crippen molar-refractivity contribution in [1.82, 2.24) is 4.90 Å². The molecule has 0 amide bonds. The number of allylic oxidation sites excluding steroid dienone is 3. The summed E-state index contributed by atoms with van der Waals surface area (Å²) in [5, 5.41) is 10.8. The minimum atomic E-state index is -0.471. The molecule has 0 aliphatic carbocycles. The summed E-state index contributed by atoms with van der Waals surface area (Å²) in [7, 11) is 1.66. The molecule has 1 heterocycles. The normalized spacial score (nSPS) is 16.9. The third-order valence-electron chi connectivity index (χ3n) is 2.84. The van der Waals surface area contributed by atoms with E-state index in [4.69, 9.17) is 4.74 Å². The minimum absolute atomic E-state index is 0.0259. The zero-order valence-electron chi connectivity index (χ0n) is 12.5. The molecule has 6 nitrogen and oxygen atoms in total. The summed E-state index contributed by atoms with van der Waals surface area (Å²) in [6.07, 6.45) is 9.74. The highest BCUT2D eigenvalue weighted by molar-refractivity contribution is 5.93. The third kappa shape index (κ3) is 4.59. The molecule has 0 radical (unpaired) electrons. The number of esters is 1. The average molecular weight is 292 g/mol. The zero-order chi connectivity index (χ0) is 15.8. The first-order valence-corrected chi connectivity index (χ1v) is 6.86. The molecule has 0 atom stereocenters. The molecule has 0 saturated heterocycles. The maximum atomic E-state index is 12.1. The number of hydrogen-bond donors (Lipinski definition) is 0. The van der Waals surface area contributed by atoms with E-state index in [1.54, 1.807) is 31.0 Å². The van der Waals surface area contributed by atoms with Crippen molar-refractivity contribution in [3.63, 3.8) is 0 Å². The van der Waals surface area contributed by atoms with E-state index in [2.05, 4.69) is 0 Å². The quantitative estimate of drug-likeness (QED) is 0.326. The Morgan fingerprint density at radius 2 is 2.14 bits per heavy atom. The molecule has 0 bridgehead atoms. The molecule has 114 valence electrons. The number of carbonyl (C=O) groups is 1. The number of likely N-dealkylation sites (N-methyl/N-ethyl adjacent to an activating group) is 1. The Kier molecular flexibility index (Phi) is 6.39. The van der Waals surface area contributed by atoms with E-state index in [0.29, 0.717) is 11.3 Å². The van der Waals surface area contributed by atoms with Gasteiger partial charge in [0.25, 0.3) is 5.70 Å². The number of carbonyl (C=O) groups excluding carboxylic acids is 1. The topological polar surface area (TPSA) is 72.7 Å². The van der Waals surface area contributed by atoms with E-state index < -0.39 is 10.9 Å². The maximum Gasteiger partial charge on any atom is 0.340 e. The van der Waals surface area contributed by atoms with Gasteiger partial charge in [-0.2, -0.15) is 0 Å². The Labute approximate surface area is 124 Å². The lowest BCUT2D eigenvalue weighted by molar-refractivity contribution is -0.420. The van der Waals surface area contributed by atoms with Crippen molar-refractivity contribution in [2.24, 2.45) is 0 Å². The van der Waals surface area contributed by atoms with Crippen molar-refractivity contribution in [1.29, 1.82) is 0 Å². The van der Waals surface area contributed by atoms with Crippen LogP contribution in [0, 0.1) is 10.1 Å². The molecule has 1 aliphatic heterocycles. The van der Waals surface area contributed by atoms with Crippen molar-refractivity contribution in [2.45, 2.75) is 26.7 Å². The molecule has 1 rings (SSSR count). The second-order valence-corrected chi connectivity index (χ2v) is 4.47. The van der Waals surface area contributed by atoms with Gasteiger partial charge in [0.1, 0.15) is 0 Å². The van der Waals surface area contributed by atoms with Crippen molar-refractivity contribution < 1.29 is 14.5 Å². The van der Waals surface area contributed by atoms with Gasteiger partial charge in [-0.05, 0) is 25.5 Å². The number of nitrogens with zero attached hydrogens (tertiary/aromatic N) is 2. The first-order valence-electron chi connectivity index (χ1n) is 6.86. The Hall–Kier alpha value is -2.37. The molecule has 0 N–H and O–H groups in total. The molecule has 21 heavy (non-hydrogen) atoms. The average Bonchev–Trinajstić information content (AvgIpc) is 2.44. The fourth-order valence-electron chi connectivity index (χ4n) is 1.82. The summed E-state index contributed by atoms with van der Waals surface area (Å²) < 4.78 is 5.05. The van der Waals surface area contributed by atoms with Gasteiger partial charge in [-0.1, -0.05) is 19.4 Å². The van der Waals surface area contributed by atoms with Crippen LogP contribution in [-0.4, -0.2) is 29.4 Å². The number of unbranched alkanes of at least 4 members (excludes halogenated alkanes) is 1. The second kappa shape index (κ2) is 8.04. The highest BCUT2D eigenvalue weighted by Gasteiger charge is 2.20. The molecule has 0 fully saturated rings. The van der Waals surface area contributed by atoms with Gasteiger partial charge < -0.3 is 9.64 Å². The van der Waals surface area contributed by atoms with Gasteiger partial charge in [-0.15, -0.1) is 0 Å². The van der Waals surface area contributed by atoms with E-state index in [0.717, 1.165) is 12.8 Å². The van der Waals surface area contributed by atoms with E-state index in [1.165, 1.54) is 12.3 Å². The molecule has 0 spiro atoms. The van der Waals surface area contributed by atoms with Gasteiger partial charge in [0.05, 0.1) is 29.0 Å². The first kappa shape index (κ1) is 16.7. The fraction of sp³-hybridized carbons (Fsp3) is 0.400. The summed E-state index contributed by atoms with van der Waals surface area (Å²) >= 11 is 0. The van der Waals surface area contributed by atoms with Gasteiger partial charge in [0, 0.05) is 13.1 Å². The molecule has 0 aromatic rings. The SMILES string of the molecule is CCC/C=C/C(C(=O)OCC)=C1/C=CC([N+](=O)[O-])=CN1C. The van der Waals surface area contributed by atoms with E-state index in [1.807, 2.05) is 13.0 Å². The summed E-state index contributed by atoms with van der Waals surface area (Å²) in [6.45, 7) is 4.06. The lowest BCUT2D eigenvalue weighted by atomic mass is 10.1. The molecule has 0 unspecified atom stereocenters. The predicted octanol–water partition coefficient (Wildman–Crippen LogP) is 2.78. The molecule has 6 heteroatoms. The summed E-state index contributed by atoms with van der Waals surface area (Å²) in [5.74, 6) is -0.436. The van der Waals surface area contributed by atoms with Gasteiger partial charge >= 0.3 is 5.97 Å². The smallest absolute Gasteiger partial charge is 0.340 e. The number of nitro groups is 1. The molecule has 0 aromatic carbocycles. The van der Waals surface area contributed by atoms with Crippen molar-refractivity contribution in [3.8, 4) is 0 Å². The Bertz CT molecular complexity index is 530. The van der Waals surface area contributed by atoms with Crippen molar-refractivity contribution >= 4 is 5.97 Å². The van der Waals surface area contributed by atoms with E-state index in [9.17, 15) is 14.9 Å². The lowest BCUT2D eigenvalue weighted by Gasteiger charge is -2.20. The van der Waals surface area contributed by atoms with Crippen LogP contribution < -0.4 is 0 Å². The highest BCUT2D eigenvalue weighted by Crippen LogP contribution is 2.21. The van der Waals surface area contributed by atoms with Crippen LogP contribution in [0.4, 0.5) is 0 Å². The van der Waals surface area contributed by atoms with Crippen LogP contribution in [0.5, 0.6) is 0 Å². The van der Waals surface area contributed by atoms with E-state index >= 15 is 0 Å². The maximum absolute atomic E-state index is 12.1. The Morgan fingerprint density at radius 3 is 2.67 bits per heavy atom. The van der Waals surface area contributed by atoms with Crippen LogP contribution in [-0.2, 0) is 9.53 Å². The van der Waals surface area contributed by atoms with Gasteiger partial charge in [-0.25, -0.2) is 4.79 Å². The van der Waals surface area contributed by atoms with Crippen LogP contribution in [0.1, 0.15) is 26.7 Å². The van der Waals surface area contributed by atoms with Crippen LogP contribution >= 0.6 is 0 Å². The summed E-state index contributed by atoms with van der Waals surface area (Å²) in [4.78, 5) is 23.9. The monoisotopic (exact) mass is 292 g/mol. The number of ether oxygens (including phenoxy) is 1. The van der Waals surface area contributed by atoms with Crippen molar-refractivity contribution in [2.75, 3.05) is 13.7 Å². The standard InChI is InChI=1S/C15H20N2O4/c1-4-6-7-8-13(15(18)21-5-2)14-10-9-12(17(19)20)11-16(14)3/h7-11H,4-6H2,1-3H3/b8-7+,14-13+. The van der Waals surface area contributed by atoms with Crippen LogP contribution in [0.25, 0.3) is 0 Å². The Balaban J connectivity index is 3.14. The fourth-order valence-corrected chi connectivity index (χ4v) is 1.82. The zero-order valence-corrected chi connectivity index (χ0v) is 12.5.